The van der Waals surface area contributed by atoms with E-state index < -0.39 is 0 Å². The summed E-state index contributed by atoms with van der Waals surface area (Å²) in [5.74, 6) is 0.230. The number of nitrogens with zero attached hydrogens (tertiary/aromatic N) is 2. The van der Waals surface area contributed by atoms with Crippen LogP contribution in [0.25, 0.3) is 11.1 Å². The van der Waals surface area contributed by atoms with E-state index >= 15 is 0 Å². The van der Waals surface area contributed by atoms with Crippen molar-refractivity contribution in [2.75, 3.05) is 23.7 Å². The van der Waals surface area contributed by atoms with E-state index in [9.17, 15) is 9.59 Å². The van der Waals surface area contributed by atoms with Crippen molar-refractivity contribution in [1.82, 2.24) is 9.88 Å². The molecule has 1 saturated heterocycles. The maximum absolute atomic E-state index is 12.8. The number of oxazole rings is 1. The van der Waals surface area contributed by atoms with Crippen LogP contribution in [0, 0.1) is 0 Å². The van der Waals surface area contributed by atoms with Gasteiger partial charge in [0.25, 0.3) is 11.9 Å². The number of aromatic nitrogens is 1. The van der Waals surface area contributed by atoms with E-state index in [1.807, 2.05) is 95.9 Å². The fourth-order valence-electron chi connectivity index (χ4n) is 5.02. The van der Waals surface area contributed by atoms with Crippen LogP contribution in [0.2, 0.25) is 5.02 Å². The molecule has 1 fully saturated rings. The minimum absolute atomic E-state index is 0.0728. The molecule has 1 aliphatic rings. The Labute approximate surface area is 236 Å². The first-order chi connectivity index (χ1) is 19.5. The maximum Gasteiger partial charge on any atom is 0.300 e. The SMILES string of the molecule is O=C(Cc1ccc2nc(Nc3ccccc3Cl)oc2c1)Nc1ccc(C2CCN(C(=O)c3ccccc3)C2)cc1. The van der Waals surface area contributed by atoms with Gasteiger partial charge < -0.3 is 20.0 Å². The Morgan fingerprint density at radius 2 is 1.73 bits per heavy atom. The second-order valence-corrected chi connectivity index (χ2v) is 10.3. The van der Waals surface area contributed by atoms with Gasteiger partial charge in [0.15, 0.2) is 5.58 Å². The number of benzene rings is 4. The van der Waals surface area contributed by atoms with Crippen molar-refractivity contribution < 1.29 is 14.0 Å². The third kappa shape index (κ3) is 5.70. The van der Waals surface area contributed by atoms with E-state index in [1.165, 1.54) is 5.56 Å². The molecule has 0 radical (unpaired) electrons. The molecule has 6 rings (SSSR count). The summed E-state index contributed by atoms with van der Waals surface area (Å²) in [5, 5.41) is 6.63. The maximum atomic E-state index is 12.8. The largest absolute Gasteiger partial charge is 0.423 e. The average molecular weight is 551 g/mol. The summed E-state index contributed by atoms with van der Waals surface area (Å²) in [7, 11) is 0. The lowest BCUT2D eigenvalue weighted by Crippen LogP contribution is -2.28. The quantitative estimate of drug-likeness (QED) is 0.227. The highest BCUT2D eigenvalue weighted by Gasteiger charge is 2.27. The van der Waals surface area contributed by atoms with Crippen molar-refractivity contribution >= 4 is 51.9 Å². The Kier molecular flexibility index (Phi) is 7.21. The Morgan fingerprint density at radius 1 is 0.950 bits per heavy atom. The van der Waals surface area contributed by atoms with Gasteiger partial charge in [-0.05, 0) is 66.1 Å². The number of para-hydroxylation sites is 1. The first kappa shape index (κ1) is 25.6. The van der Waals surface area contributed by atoms with Gasteiger partial charge in [-0.1, -0.05) is 60.1 Å². The molecule has 1 aromatic heterocycles. The van der Waals surface area contributed by atoms with Crippen LogP contribution >= 0.6 is 11.6 Å². The fraction of sp³-hybridized carbons (Fsp3) is 0.156. The molecule has 0 aliphatic carbocycles. The molecule has 5 aromatic rings. The lowest BCUT2D eigenvalue weighted by atomic mass is 9.98. The van der Waals surface area contributed by atoms with Crippen LogP contribution in [0.5, 0.6) is 0 Å². The molecule has 0 spiro atoms. The molecule has 0 saturated carbocycles. The van der Waals surface area contributed by atoms with E-state index in [-0.39, 0.29) is 24.2 Å². The predicted molar refractivity (Wildman–Crippen MR) is 157 cm³/mol. The van der Waals surface area contributed by atoms with Gasteiger partial charge in [-0.25, -0.2) is 0 Å². The Bertz CT molecular complexity index is 1670. The summed E-state index contributed by atoms with van der Waals surface area (Å²) in [6, 6.07) is 30.5. The highest BCUT2D eigenvalue weighted by Crippen LogP contribution is 2.30. The molecular weight excluding hydrogens is 524 g/mol. The number of fused-ring (bicyclic) bond motifs is 1. The first-order valence-corrected chi connectivity index (χ1v) is 13.5. The number of likely N-dealkylation sites (tertiary alicyclic amines) is 1. The van der Waals surface area contributed by atoms with Crippen molar-refractivity contribution in [1.29, 1.82) is 0 Å². The van der Waals surface area contributed by atoms with E-state index in [0.29, 0.717) is 34.4 Å². The monoisotopic (exact) mass is 550 g/mol. The van der Waals surface area contributed by atoms with Crippen LogP contribution in [-0.4, -0.2) is 34.8 Å². The third-order valence-electron chi connectivity index (χ3n) is 7.10. The molecule has 1 atom stereocenters. The normalized spacial score (nSPS) is 14.8. The van der Waals surface area contributed by atoms with Gasteiger partial charge in [0, 0.05) is 30.3 Å². The summed E-state index contributed by atoms with van der Waals surface area (Å²) in [6.45, 7) is 1.43. The highest BCUT2D eigenvalue weighted by molar-refractivity contribution is 6.33. The zero-order valence-electron chi connectivity index (χ0n) is 21.6. The number of carbonyl (C=O) groups excluding carboxylic acids is 2. The Morgan fingerprint density at radius 3 is 2.52 bits per heavy atom. The third-order valence-corrected chi connectivity index (χ3v) is 7.42. The first-order valence-electron chi connectivity index (χ1n) is 13.2. The van der Waals surface area contributed by atoms with Gasteiger partial charge >= 0.3 is 0 Å². The minimum Gasteiger partial charge on any atom is -0.423 e. The topological polar surface area (TPSA) is 87.5 Å². The molecule has 8 heteroatoms. The van der Waals surface area contributed by atoms with Gasteiger partial charge in [0.05, 0.1) is 17.1 Å². The second kappa shape index (κ2) is 11.2. The number of halogens is 1. The molecule has 200 valence electrons. The van der Waals surface area contributed by atoms with Crippen LogP contribution in [0.4, 0.5) is 17.4 Å². The van der Waals surface area contributed by atoms with E-state index in [2.05, 4.69) is 15.6 Å². The van der Waals surface area contributed by atoms with Crippen LogP contribution < -0.4 is 10.6 Å². The Hall–Kier alpha value is -4.62. The summed E-state index contributed by atoms with van der Waals surface area (Å²) in [5.41, 5.74) is 5.40. The molecule has 2 N–H and O–H groups in total. The summed E-state index contributed by atoms with van der Waals surface area (Å²) >= 11 is 6.21. The number of anilines is 3. The van der Waals surface area contributed by atoms with Gasteiger partial charge in [-0.2, -0.15) is 4.98 Å². The lowest BCUT2D eigenvalue weighted by Gasteiger charge is -2.17. The van der Waals surface area contributed by atoms with Crippen molar-refractivity contribution in [2.45, 2.75) is 18.8 Å². The molecular formula is C32H27ClN4O3. The van der Waals surface area contributed by atoms with E-state index in [0.717, 1.165) is 29.8 Å². The zero-order chi connectivity index (χ0) is 27.5. The average Bonchev–Trinajstić information content (AvgIpc) is 3.62. The van der Waals surface area contributed by atoms with Crippen LogP contribution in [0.15, 0.2) is 101 Å². The molecule has 2 heterocycles. The van der Waals surface area contributed by atoms with E-state index in [4.69, 9.17) is 16.0 Å². The second-order valence-electron chi connectivity index (χ2n) is 9.88. The fourth-order valence-corrected chi connectivity index (χ4v) is 5.20. The van der Waals surface area contributed by atoms with Crippen molar-refractivity contribution in [3.63, 3.8) is 0 Å². The van der Waals surface area contributed by atoms with Gasteiger partial charge in [-0.15, -0.1) is 0 Å². The number of nitrogens with one attached hydrogen (secondary N) is 2. The van der Waals surface area contributed by atoms with Gasteiger partial charge in [0.2, 0.25) is 5.91 Å². The number of hydrogen-bond acceptors (Lipinski definition) is 5. The molecule has 0 bridgehead atoms. The lowest BCUT2D eigenvalue weighted by molar-refractivity contribution is -0.115. The smallest absolute Gasteiger partial charge is 0.300 e. The van der Waals surface area contributed by atoms with Crippen molar-refractivity contribution in [2.24, 2.45) is 0 Å². The summed E-state index contributed by atoms with van der Waals surface area (Å²) < 4.78 is 5.84. The minimum atomic E-state index is -0.124. The molecule has 40 heavy (non-hydrogen) atoms. The van der Waals surface area contributed by atoms with Gasteiger partial charge in [0.1, 0.15) is 5.52 Å². The van der Waals surface area contributed by atoms with Crippen molar-refractivity contribution in [3.8, 4) is 0 Å². The zero-order valence-corrected chi connectivity index (χ0v) is 22.4. The number of amides is 2. The molecule has 2 amide bonds. The molecule has 4 aromatic carbocycles. The molecule has 1 aliphatic heterocycles. The molecule has 7 nitrogen and oxygen atoms in total. The predicted octanol–water partition coefficient (Wildman–Crippen LogP) is 7.04. The van der Waals surface area contributed by atoms with E-state index in [1.54, 1.807) is 6.07 Å². The number of hydrogen-bond donors (Lipinski definition) is 2. The number of rotatable bonds is 7. The molecule has 1 unspecified atom stereocenters. The van der Waals surface area contributed by atoms with Crippen LogP contribution in [-0.2, 0) is 11.2 Å². The van der Waals surface area contributed by atoms with Crippen LogP contribution in [0.1, 0.15) is 33.8 Å². The summed E-state index contributed by atoms with van der Waals surface area (Å²) in [4.78, 5) is 31.9. The van der Waals surface area contributed by atoms with Gasteiger partial charge in [-0.3, -0.25) is 9.59 Å². The standard InChI is InChI=1S/C32H27ClN4O3/c33-26-8-4-5-9-27(26)35-32-36-28-15-10-21(18-29(28)40-32)19-30(38)34-25-13-11-22(12-14-25)24-16-17-37(20-24)31(39)23-6-2-1-3-7-23/h1-15,18,24H,16-17,19-20H2,(H,34,38)(H,35,36). The Balaban J connectivity index is 1.05. The summed E-state index contributed by atoms with van der Waals surface area (Å²) in [6.07, 6.45) is 1.12. The number of carbonyl (C=O) groups is 2. The highest BCUT2D eigenvalue weighted by atomic mass is 35.5. The van der Waals surface area contributed by atoms with Crippen molar-refractivity contribution in [3.05, 3.63) is 119 Å². The van der Waals surface area contributed by atoms with Crippen LogP contribution in [0.3, 0.4) is 0 Å².